The Balaban J connectivity index is 2.58. The standard InChI is InChI=1S/C10H11NOS2/c1-6-8-7(4-5-13-8)14-9(6)10(12)11(2)3/h4-5H,1-3H3. The van der Waals surface area contributed by atoms with Crippen molar-refractivity contribution in [2.24, 2.45) is 0 Å². The maximum absolute atomic E-state index is 11.8. The van der Waals surface area contributed by atoms with Crippen LogP contribution in [0.15, 0.2) is 11.4 Å². The lowest BCUT2D eigenvalue weighted by Gasteiger charge is -2.08. The van der Waals surface area contributed by atoms with Crippen LogP contribution in [-0.2, 0) is 0 Å². The fraction of sp³-hybridized carbons (Fsp3) is 0.300. The van der Waals surface area contributed by atoms with Crippen LogP contribution in [0.2, 0.25) is 0 Å². The van der Waals surface area contributed by atoms with Gasteiger partial charge in [0.25, 0.3) is 5.91 Å². The van der Waals surface area contributed by atoms with Crippen molar-refractivity contribution in [3.05, 3.63) is 21.9 Å². The van der Waals surface area contributed by atoms with Gasteiger partial charge in [0.05, 0.1) is 4.88 Å². The van der Waals surface area contributed by atoms with Gasteiger partial charge in [-0.25, -0.2) is 0 Å². The maximum atomic E-state index is 11.8. The first-order valence-electron chi connectivity index (χ1n) is 4.29. The molecule has 0 bridgehead atoms. The lowest BCUT2D eigenvalue weighted by Crippen LogP contribution is -2.21. The first-order valence-corrected chi connectivity index (χ1v) is 5.99. The molecule has 0 spiro atoms. The van der Waals surface area contributed by atoms with E-state index >= 15 is 0 Å². The highest BCUT2D eigenvalue weighted by molar-refractivity contribution is 7.28. The van der Waals surface area contributed by atoms with E-state index in [0.717, 1.165) is 10.4 Å². The molecule has 0 atom stereocenters. The lowest BCUT2D eigenvalue weighted by molar-refractivity contribution is 0.0832. The number of hydrogen-bond donors (Lipinski definition) is 0. The molecule has 0 saturated heterocycles. The summed E-state index contributed by atoms with van der Waals surface area (Å²) in [6.45, 7) is 2.02. The van der Waals surface area contributed by atoms with Crippen LogP contribution in [0, 0.1) is 6.92 Å². The topological polar surface area (TPSA) is 20.3 Å². The first-order chi connectivity index (χ1) is 6.61. The summed E-state index contributed by atoms with van der Waals surface area (Å²) in [5.74, 6) is 0.107. The molecule has 2 nitrogen and oxygen atoms in total. The van der Waals surface area contributed by atoms with Crippen molar-refractivity contribution < 1.29 is 4.79 Å². The summed E-state index contributed by atoms with van der Waals surface area (Å²) in [4.78, 5) is 14.3. The molecular formula is C10H11NOS2. The monoisotopic (exact) mass is 225 g/mol. The van der Waals surface area contributed by atoms with Gasteiger partial charge in [0, 0.05) is 23.5 Å². The maximum Gasteiger partial charge on any atom is 0.263 e. The molecule has 2 heterocycles. The Bertz CT molecular complexity index is 481. The molecule has 4 heteroatoms. The zero-order chi connectivity index (χ0) is 10.3. The van der Waals surface area contributed by atoms with E-state index in [4.69, 9.17) is 0 Å². The third kappa shape index (κ3) is 1.35. The summed E-state index contributed by atoms with van der Waals surface area (Å²) < 4.78 is 2.47. The van der Waals surface area contributed by atoms with Crippen molar-refractivity contribution in [1.29, 1.82) is 0 Å². The van der Waals surface area contributed by atoms with Gasteiger partial charge in [-0.2, -0.15) is 0 Å². The third-order valence-corrected chi connectivity index (χ3v) is 4.53. The predicted octanol–water partition coefficient (Wildman–Crippen LogP) is 2.97. The zero-order valence-electron chi connectivity index (χ0n) is 8.33. The SMILES string of the molecule is Cc1c(C(=O)N(C)C)sc2ccsc12. The highest BCUT2D eigenvalue weighted by Gasteiger charge is 2.17. The number of carbonyl (C=O) groups is 1. The predicted molar refractivity (Wildman–Crippen MR) is 62.5 cm³/mol. The summed E-state index contributed by atoms with van der Waals surface area (Å²) >= 11 is 3.29. The van der Waals surface area contributed by atoms with Gasteiger partial charge >= 0.3 is 0 Å². The van der Waals surface area contributed by atoms with Crippen molar-refractivity contribution in [2.75, 3.05) is 14.1 Å². The van der Waals surface area contributed by atoms with E-state index in [-0.39, 0.29) is 5.91 Å². The average Bonchev–Trinajstić information content (AvgIpc) is 2.68. The Morgan fingerprint density at radius 3 is 2.71 bits per heavy atom. The largest absolute Gasteiger partial charge is 0.344 e. The van der Waals surface area contributed by atoms with E-state index in [1.165, 1.54) is 9.40 Å². The Kier molecular flexibility index (Phi) is 2.33. The quantitative estimate of drug-likeness (QED) is 0.730. The second-order valence-electron chi connectivity index (χ2n) is 3.37. The second kappa shape index (κ2) is 3.37. The van der Waals surface area contributed by atoms with Crippen LogP contribution in [0.1, 0.15) is 15.2 Å². The summed E-state index contributed by atoms with van der Waals surface area (Å²) in [5.41, 5.74) is 1.12. The number of amides is 1. The van der Waals surface area contributed by atoms with Gasteiger partial charge in [0.15, 0.2) is 0 Å². The minimum atomic E-state index is 0.107. The number of hydrogen-bond acceptors (Lipinski definition) is 3. The van der Waals surface area contributed by atoms with Crippen LogP contribution in [0.5, 0.6) is 0 Å². The van der Waals surface area contributed by atoms with Crippen LogP contribution >= 0.6 is 22.7 Å². The number of aryl methyl sites for hydroxylation is 1. The van der Waals surface area contributed by atoms with E-state index in [0.29, 0.717) is 0 Å². The molecule has 0 fully saturated rings. The molecule has 0 N–H and O–H groups in total. The molecule has 2 aromatic heterocycles. The molecule has 0 aliphatic carbocycles. The summed E-state index contributed by atoms with van der Waals surface area (Å²) in [5, 5.41) is 2.07. The Morgan fingerprint density at radius 2 is 2.14 bits per heavy atom. The van der Waals surface area contributed by atoms with Crippen LogP contribution < -0.4 is 0 Å². The number of thiophene rings is 2. The molecule has 74 valence electrons. The fourth-order valence-corrected chi connectivity index (χ4v) is 3.70. The number of nitrogens with zero attached hydrogens (tertiary/aromatic N) is 1. The number of fused-ring (bicyclic) bond motifs is 1. The normalized spacial score (nSPS) is 10.8. The summed E-state index contributed by atoms with van der Waals surface area (Å²) in [6.07, 6.45) is 0. The minimum Gasteiger partial charge on any atom is -0.344 e. The van der Waals surface area contributed by atoms with Gasteiger partial charge < -0.3 is 4.90 Å². The third-order valence-electron chi connectivity index (χ3n) is 2.12. The zero-order valence-corrected chi connectivity index (χ0v) is 9.96. The number of carbonyl (C=O) groups excluding carboxylic acids is 1. The molecule has 2 rings (SSSR count). The Hall–Kier alpha value is -0.870. The van der Waals surface area contributed by atoms with Gasteiger partial charge in [-0.05, 0) is 23.9 Å². The molecule has 0 aliphatic rings. The number of rotatable bonds is 1. The molecule has 0 unspecified atom stereocenters. The Labute approximate surface area is 90.8 Å². The van der Waals surface area contributed by atoms with Crippen LogP contribution in [0.4, 0.5) is 0 Å². The van der Waals surface area contributed by atoms with E-state index in [1.54, 1.807) is 41.7 Å². The molecule has 0 radical (unpaired) electrons. The van der Waals surface area contributed by atoms with Crippen LogP contribution in [0.3, 0.4) is 0 Å². The minimum absolute atomic E-state index is 0.107. The van der Waals surface area contributed by atoms with E-state index in [2.05, 4.69) is 11.4 Å². The van der Waals surface area contributed by atoms with Crippen LogP contribution in [0.25, 0.3) is 9.40 Å². The Morgan fingerprint density at radius 1 is 1.43 bits per heavy atom. The highest BCUT2D eigenvalue weighted by Crippen LogP contribution is 2.34. The fourth-order valence-electron chi connectivity index (χ4n) is 1.35. The summed E-state index contributed by atoms with van der Waals surface area (Å²) in [7, 11) is 3.57. The van der Waals surface area contributed by atoms with E-state index in [9.17, 15) is 4.79 Å². The van der Waals surface area contributed by atoms with Gasteiger partial charge in [-0.15, -0.1) is 22.7 Å². The smallest absolute Gasteiger partial charge is 0.263 e. The lowest BCUT2D eigenvalue weighted by atomic mass is 10.2. The molecular weight excluding hydrogens is 214 g/mol. The van der Waals surface area contributed by atoms with E-state index in [1.807, 2.05) is 6.92 Å². The van der Waals surface area contributed by atoms with Gasteiger partial charge in [0.2, 0.25) is 0 Å². The molecule has 1 amide bonds. The van der Waals surface area contributed by atoms with Crippen molar-refractivity contribution in [2.45, 2.75) is 6.92 Å². The van der Waals surface area contributed by atoms with Gasteiger partial charge in [-0.1, -0.05) is 0 Å². The summed E-state index contributed by atoms with van der Waals surface area (Å²) in [6, 6.07) is 2.07. The van der Waals surface area contributed by atoms with Crippen molar-refractivity contribution in [3.63, 3.8) is 0 Å². The molecule has 0 saturated carbocycles. The van der Waals surface area contributed by atoms with Crippen LogP contribution in [-0.4, -0.2) is 24.9 Å². The molecule has 0 aliphatic heterocycles. The molecule has 2 aromatic rings. The highest BCUT2D eigenvalue weighted by atomic mass is 32.1. The van der Waals surface area contributed by atoms with Gasteiger partial charge in [0.1, 0.15) is 0 Å². The average molecular weight is 225 g/mol. The molecule has 14 heavy (non-hydrogen) atoms. The van der Waals surface area contributed by atoms with Crippen molar-refractivity contribution in [3.8, 4) is 0 Å². The van der Waals surface area contributed by atoms with Gasteiger partial charge in [-0.3, -0.25) is 4.79 Å². The second-order valence-corrected chi connectivity index (χ2v) is 5.34. The van der Waals surface area contributed by atoms with Crippen molar-refractivity contribution in [1.82, 2.24) is 4.90 Å². The van der Waals surface area contributed by atoms with E-state index < -0.39 is 0 Å². The van der Waals surface area contributed by atoms with Crippen molar-refractivity contribution >= 4 is 38.0 Å². The molecule has 0 aromatic carbocycles. The first kappa shape index (κ1) is 9.68.